The van der Waals surface area contributed by atoms with E-state index in [4.69, 9.17) is 27.5 Å². The van der Waals surface area contributed by atoms with Gasteiger partial charge in [0.15, 0.2) is 0 Å². The predicted molar refractivity (Wildman–Crippen MR) is 154 cm³/mol. The van der Waals surface area contributed by atoms with Crippen molar-refractivity contribution in [1.29, 1.82) is 5.41 Å². The van der Waals surface area contributed by atoms with Crippen LogP contribution in [0, 0.1) is 23.6 Å². The van der Waals surface area contributed by atoms with E-state index in [1.807, 2.05) is 61.1 Å². The SMILES string of the molecule is C#CC[N+](C)(C)c1ccc(CNC(=O)c2cc3cc(F)ccc3n2Cc2cccc(C(=N)N)c2)cc1.CC(=O)[O-]. The average Bonchev–Trinajstić information content (AvgIpc) is 3.24. The van der Waals surface area contributed by atoms with Gasteiger partial charge in [0, 0.05) is 35.5 Å². The Labute approximate surface area is 232 Å². The molecular formula is C31H32FN5O3. The van der Waals surface area contributed by atoms with Gasteiger partial charge in [-0.3, -0.25) is 14.7 Å². The van der Waals surface area contributed by atoms with E-state index < -0.39 is 5.97 Å². The number of amidine groups is 1. The van der Waals surface area contributed by atoms with Gasteiger partial charge in [-0.2, -0.15) is 0 Å². The van der Waals surface area contributed by atoms with Crippen LogP contribution in [0.15, 0.2) is 72.8 Å². The molecule has 4 N–H and O–H groups in total. The van der Waals surface area contributed by atoms with Crippen LogP contribution in [0.3, 0.4) is 0 Å². The number of benzene rings is 3. The number of nitrogens with one attached hydrogen (secondary N) is 2. The second-order valence-electron chi connectivity index (χ2n) is 9.82. The highest BCUT2D eigenvalue weighted by Gasteiger charge is 2.19. The lowest BCUT2D eigenvalue weighted by Gasteiger charge is -2.26. The molecule has 8 nitrogen and oxygen atoms in total. The first-order chi connectivity index (χ1) is 18.9. The van der Waals surface area contributed by atoms with Crippen LogP contribution >= 0.6 is 0 Å². The number of hydrogen-bond donors (Lipinski definition) is 3. The summed E-state index contributed by atoms with van der Waals surface area (Å²) in [6.07, 6.45) is 5.48. The van der Waals surface area contributed by atoms with Gasteiger partial charge in [-0.25, -0.2) is 4.39 Å². The van der Waals surface area contributed by atoms with Crippen LogP contribution in [-0.2, 0) is 17.9 Å². The molecule has 1 amide bonds. The quantitative estimate of drug-likeness (QED) is 0.137. The Hall–Kier alpha value is -4.94. The summed E-state index contributed by atoms with van der Waals surface area (Å²) in [4.78, 5) is 22.2. The van der Waals surface area contributed by atoms with Gasteiger partial charge in [0.25, 0.3) is 5.91 Å². The van der Waals surface area contributed by atoms with Crippen molar-refractivity contribution < 1.29 is 19.1 Å². The minimum Gasteiger partial charge on any atom is -0.550 e. The lowest BCUT2D eigenvalue weighted by molar-refractivity contribution is -0.302. The van der Waals surface area contributed by atoms with Gasteiger partial charge in [-0.1, -0.05) is 30.3 Å². The van der Waals surface area contributed by atoms with Crippen molar-refractivity contribution in [3.05, 3.63) is 101 Å². The zero-order chi connectivity index (χ0) is 29.4. The van der Waals surface area contributed by atoms with Gasteiger partial charge in [0.05, 0.1) is 14.1 Å². The third kappa shape index (κ3) is 7.56. The summed E-state index contributed by atoms with van der Waals surface area (Å²) in [5, 5.41) is 20.2. The number of rotatable bonds is 8. The average molecular weight is 542 g/mol. The molecule has 0 saturated carbocycles. The van der Waals surface area contributed by atoms with E-state index in [1.165, 1.54) is 12.1 Å². The lowest BCUT2D eigenvalue weighted by atomic mass is 10.1. The molecule has 0 fully saturated rings. The number of aliphatic carboxylic acids is 1. The smallest absolute Gasteiger partial charge is 0.268 e. The fourth-order valence-corrected chi connectivity index (χ4v) is 4.23. The molecule has 4 aromatic rings. The molecule has 206 valence electrons. The normalized spacial score (nSPS) is 10.8. The van der Waals surface area contributed by atoms with Crippen molar-refractivity contribution >= 4 is 34.3 Å². The number of hydrogen-bond acceptors (Lipinski definition) is 4. The second-order valence-corrected chi connectivity index (χ2v) is 9.82. The van der Waals surface area contributed by atoms with Gasteiger partial charge in [-0.05, 0) is 66.4 Å². The van der Waals surface area contributed by atoms with E-state index >= 15 is 0 Å². The van der Waals surface area contributed by atoms with Crippen molar-refractivity contribution in [2.24, 2.45) is 5.73 Å². The molecule has 0 aliphatic heterocycles. The van der Waals surface area contributed by atoms with E-state index in [2.05, 4.69) is 11.2 Å². The molecule has 1 aromatic heterocycles. The molecule has 0 aliphatic rings. The maximum Gasteiger partial charge on any atom is 0.268 e. The molecule has 0 bridgehead atoms. The molecule has 40 heavy (non-hydrogen) atoms. The number of fused-ring (bicyclic) bond motifs is 1. The number of halogens is 1. The van der Waals surface area contributed by atoms with Crippen LogP contribution < -0.4 is 20.6 Å². The van der Waals surface area contributed by atoms with Gasteiger partial charge in [0.1, 0.15) is 29.6 Å². The molecule has 9 heteroatoms. The number of terminal acetylenes is 1. The van der Waals surface area contributed by atoms with Crippen LogP contribution in [-0.4, -0.2) is 42.9 Å². The van der Waals surface area contributed by atoms with Crippen LogP contribution in [0.4, 0.5) is 10.1 Å². The molecular weight excluding hydrogens is 509 g/mol. The Balaban J connectivity index is 0.00000103. The highest BCUT2D eigenvalue weighted by molar-refractivity contribution is 5.99. The topological polar surface area (TPSA) is 124 Å². The zero-order valence-corrected chi connectivity index (χ0v) is 22.7. The Bertz CT molecular complexity index is 1580. The van der Waals surface area contributed by atoms with E-state index in [-0.39, 0.29) is 17.6 Å². The standard InChI is InChI=1S/C29H28FN5O.C2H4O2/c1-4-14-35(2,3)25-11-8-20(9-12-25)18-33-29(36)27-17-23-16-24(30)10-13-26(23)34(27)19-21-6-5-7-22(15-21)28(31)32;1-2(3)4/h1,5-13,15-17H,14,18-19H2,2-3H3,(H3-,31,32,33,36);1H3,(H,3,4). The maximum atomic E-state index is 13.9. The third-order valence-electron chi connectivity index (χ3n) is 6.25. The number of quaternary nitrogens is 1. The summed E-state index contributed by atoms with van der Waals surface area (Å²) in [5.74, 6) is 0.961. The van der Waals surface area contributed by atoms with Crippen molar-refractivity contribution in [3.63, 3.8) is 0 Å². The number of carbonyl (C=O) groups excluding carboxylic acids is 2. The fourth-order valence-electron chi connectivity index (χ4n) is 4.23. The Morgan fingerprint density at radius 2 is 1.75 bits per heavy atom. The number of nitrogen functional groups attached to an aromatic ring is 1. The molecule has 0 saturated heterocycles. The third-order valence-corrected chi connectivity index (χ3v) is 6.25. The number of carboxylic acid groups (broad SMARTS) is 1. The van der Waals surface area contributed by atoms with Crippen LogP contribution in [0.25, 0.3) is 10.9 Å². The lowest BCUT2D eigenvalue weighted by Crippen LogP contribution is -2.40. The number of carbonyl (C=O) groups is 2. The van der Waals surface area contributed by atoms with Crippen LogP contribution in [0.1, 0.15) is 34.1 Å². The Kier molecular flexibility index (Phi) is 9.43. The summed E-state index contributed by atoms with van der Waals surface area (Å²) in [6, 6.07) is 21.5. The molecule has 3 aromatic carbocycles. The molecule has 0 spiro atoms. The number of nitrogens with zero attached hydrogens (tertiary/aromatic N) is 2. The van der Waals surface area contributed by atoms with E-state index in [9.17, 15) is 9.18 Å². The van der Waals surface area contributed by atoms with Crippen molar-refractivity contribution in [2.45, 2.75) is 20.0 Å². The molecule has 0 atom stereocenters. The molecule has 4 rings (SSSR count). The number of carboxylic acids is 1. The largest absolute Gasteiger partial charge is 0.550 e. The first kappa shape index (κ1) is 29.6. The number of amides is 1. The van der Waals surface area contributed by atoms with Gasteiger partial charge in [0.2, 0.25) is 0 Å². The van der Waals surface area contributed by atoms with Crippen molar-refractivity contribution in [1.82, 2.24) is 14.4 Å². The summed E-state index contributed by atoms with van der Waals surface area (Å²) in [6.45, 7) is 2.27. The highest BCUT2D eigenvalue weighted by atomic mass is 19.1. The van der Waals surface area contributed by atoms with Crippen molar-refractivity contribution in [2.75, 3.05) is 20.6 Å². The summed E-state index contributed by atoms with van der Waals surface area (Å²) < 4.78 is 16.3. The minimum absolute atomic E-state index is 0.0262. The number of aromatic nitrogens is 1. The van der Waals surface area contributed by atoms with E-state index in [0.29, 0.717) is 40.8 Å². The van der Waals surface area contributed by atoms with Gasteiger partial charge >= 0.3 is 0 Å². The monoisotopic (exact) mass is 541 g/mol. The predicted octanol–water partition coefficient (Wildman–Crippen LogP) is 3.00. The van der Waals surface area contributed by atoms with E-state index in [0.717, 1.165) is 29.3 Å². The first-order valence-corrected chi connectivity index (χ1v) is 12.4. The second kappa shape index (κ2) is 12.7. The van der Waals surface area contributed by atoms with E-state index in [1.54, 1.807) is 18.2 Å². The molecule has 0 aliphatic carbocycles. The van der Waals surface area contributed by atoms with Crippen LogP contribution in [0.2, 0.25) is 0 Å². The van der Waals surface area contributed by atoms with Gasteiger partial charge in [-0.15, -0.1) is 6.42 Å². The van der Waals surface area contributed by atoms with Crippen molar-refractivity contribution in [3.8, 4) is 12.3 Å². The summed E-state index contributed by atoms with van der Waals surface area (Å²) in [5.41, 5.74) is 10.3. The fraction of sp³-hybridized carbons (Fsp3) is 0.194. The number of nitrogens with two attached hydrogens (primary N) is 1. The highest BCUT2D eigenvalue weighted by Crippen LogP contribution is 2.24. The maximum absolute atomic E-state index is 13.9. The molecule has 0 unspecified atom stereocenters. The van der Waals surface area contributed by atoms with Crippen LogP contribution in [0.5, 0.6) is 0 Å². The molecule has 1 heterocycles. The zero-order valence-electron chi connectivity index (χ0n) is 22.7. The summed E-state index contributed by atoms with van der Waals surface area (Å²) >= 11 is 0. The van der Waals surface area contributed by atoms with Gasteiger partial charge < -0.3 is 25.5 Å². The Morgan fingerprint density at radius 1 is 1.07 bits per heavy atom. The summed E-state index contributed by atoms with van der Waals surface area (Å²) in [7, 11) is 4.09. The molecule has 0 radical (unpaired) electrons. The first-order valence-electron chi connectivity index (χ1n) is 12.4. The Morgan fingerprint density at radius 3 is 2.38 bits per heavy atom. The minimum atomic E-state index is -1.08.